The number of hydrogen-bond acceptors (Lipinski definition) is 5. The topological polar surface area (TPSA) is 38.7 Å². The second-order valence-corrected chi connectivity index (χ2v) is 18.6. The molecule has 1 aliphatic rings. The van der Waals surface area contributed by atoms with Crippen LogP contribution in [0.3, 0.4) is 0 Å². The summed E-state index contributed by atoms with van der Waals surface area (Å²) in [6, 6.07) is 71.9. The van der Waals surface area contributed by atoms with Crippen LogP contribution in [0.4, 0.5) is 0 Å². The third kappa shape index (κ3) is 6.35. The Bertz CT molecular complexity index is 3440. The van der Waals surface area contributed by atoms with Crippen LogP contribution in [0.25, 0.3) is 85.4 Å². The Kier molecular flexibility index (Phi) is 9.06. The van der Waals surface area contributed by atoms with E-state index in [1.807, 2.05) is 0 Å². The number of aromatic nitrogens is 3. The highest BCUT2D eigenvalue weighted by Crippen LogP contribution is 2.54. The van der Waals surface area contributed by atoms with Gasteiger partial charge in [-0.1, -0.05) is 188 Å². The zero-order valence-corrected chi connectivity index (χ0v) is 36.1. The zero-order valence-electron chi connectivity index (χ0n) is 34.4. The van der Waals surface area contributed by atoms with Crippen molar-refractivity contribution < 1.29 is 0 Å². The zero-order chi connectivity index (χ0) is 41.9. The van der Waals surface area contributed by atoms with Gasteiger partial charge in [0.15, 0.2) is 11.6 Å². The highest BCUT2D eigenvalue weighted by Gasteiger charge is 2.44. The summed E-state index contributed by atoms with van der Waals surface area (Å²) in [5.74, 6) is 1.91. The smallest absolute Gasteiger partial charge is 0.165 e. The van der Waals surface area contributed by atoms with Crippen LogP contribution in [-0.2, 0) is 5.41 Å². The van der Waals surface area contributed by atoms with Crippen LogP contribution < -0.4 is 0 Å². The van der Waals surface area contributed by atoms with Crippen LogP contribution >= 0.6 is 22.7 Å². The predicted octanol–water partition coefficient (Wildman–Crippen LogP) is 15.8. The summed E-state index contributed by atoms with van der Waals surface area (Å²) in [7, 11) is 0. The molecule has 3 aromatic heterocycles. The lowest BCUT2D eigenvalue weighted by Gasteiger charge is -2.40. The molecule has 0 fully saturated rings. The minimum atomic E-state index is -0.716. The fourth-order valence-corrected chi connectivity index (χ4v) is 12.0. The third-order valence-corrected chi connectivity index (χ3v) is 15.1. The first-order valence-electron chi connectivity index (χ1n) is 21.4. The molecule has 12 rings (SSSR count). The van der Waals surface area contributed by atoms with Crippen molar-refractivity contribution in [3.8, 4) is 33.9 Å². The van der Waals surface area contributed by atoms with Crippen LogP contribution in [-0.4, -0.2) is 15.0 Å². The molecule has 0 aliphatic heterocycles. The van der Waals surface area contributed by atoms with Gasteiger partial charge in [0, 0.05) is 57.4 Å². The van der Waals surface area contributed by atoms with E-state index >= 15 is 0 Å². The fraction of sp³-hybridized carbons (Fsp3) is 0.0517. The molecule has 298 valence electrons. The number of hydrogen-bond donors (Lipinski definition) is 0. The molecule has 63 heavy (non-hydrogen) atoms. The molecule has 1 aliphatic carbocycles. The first-order valence-corrected chi connectivity index (χ1v) is 23.0. The summed E-state index contributed by atoms with van der Waals surface area (Å²) in [6.07, 6.45) is 4.68. The first kappa shape index (κ1) is 37.5. The number of benzene rings is 8. The molecule has 3 heterocycles. The average molecular weight is 842 g/mol. The summed E-state index contributed by atoms with van der Waals surface area (Å²) in [5.41, 5.74) is 9.64. The van der Waals surface area contributed by atoms with Gasteiger partial charge in [0.2, 0.25) is 0 Å². The normalized spacial score (nSPS) is 16.4. The van der Waals surface area contributed by atoms with Gasteiger partial charge >= 0.3 is 0 Å². The fourth-order valence-electron chi connectivity index (χ4n) is 9.63. The highest BCUT2D eigenvalue weighted by atomic mass is 32.1. The standard InChI is InChI=1S/C58H39N3S2/c1-58(36-35-42(39-19-7-3-8-20-39)51(40-21-9-4-10-22-40)52(58)41-33-31-38(32-34-41)37-17-5-2-6-18-37)57-60-55(47-27-15-25-45-43-23-11-13-29-49(43)62-53(45)47)59-56(61-57)48-28-16-26-46-44-24-12-14-30-50(44)63-54(46)48/h2-36,52H,1H3. The van der Waals surface area contributed by atoms with Gasteiger partial charge in [-0.05, 0) is 70.2 Å². The SMILES string of the molecule is CC1(c2nc(-c3cccc4c3sc3ccccc34)nc(-c3cccc4c3sc3ccccc34)n2)C=CC(c2ccccc2)=C(c2ccccc2)C1c1ccc(-c2ccccc2)cc1. The van der Waals surface area contributed by atoms with E-state index < -0.39 is 5.41 Å². The van der Waals surface area contributed by atoms with Gasteiger partial charge in [0.1, 0.15) is 5.82 Å². The van der Waals surface area contributed by atoms with Crippen molar-refractivity contribution in [3.63, 3.8) is 0 Å². The summed E-state index contributed by atoms with van der Waals surface area (Å²) < 4.78 is 4.85. The van der Waals surface area contributed by atoms with Crippen molar-refractivity contribution in [2.45, 2.75) is 18.3 Å². The molecule has 5 heteroatoms. The van der Waals surface area contributed by atoms with Crippen LogP contribution in [0.2, 0.25) is 0 Å². The molecule has 2 unspecified atom stereocenters. The number of fused-ring (bicyclic) bond motifs is 6. The molecule has 2 atom stereocenters. The van der Waals surface area contributed by atoms with Crippen molar-refractivity contribution in [1.82, 2.24) is 15.0 Å². The van der Waals surface area contributed by atoms with E-state index in [0.717, 1.165) is 17.0 Å². The van der Waals surface area contributed by atoms with Gasteiger partial charge in [-0.3, -0.25) is 0 Å². The molecule has 0 radical (unpaired) electrons. The molecule has 0 amide bonds. The Morgan fingerprint density at radius 2 is 0.873 bits per heavy atom. The second kappa shape index (κ2) is 15.2. The van der Waals surface area contributed by atoms with Crippen molar-refractivity contribution >= 4 is 74.2 Å². The van der Waals surface area contributed by atoms with E-state index in [-0.39, 0.29) is 5.92 Å². The van der Waals surface area contributed by atoms with E-state index in [2.05, 4.69) is 219 Å². The maximum absolute atomic E-state index is 5.65. The van der Waals surface area contributed by atoms with E-state index in [1.165, 1.54) is 79.3 Å². The first-order chi connectivity index (χ1) is 31.1. The minimum Gasteiger partial charge on any atom is -0.212 e. The Morgan fingerprint density at radius 3 is 1.43 bits per heavy atom. The third-order valence-electron chi connectivity index (χ3n) is 12.7. The number of rotatable bonds is 7. The monoisotopic (exact) mass is 841 g/mol. The van der Waals surface area contributed by atoms with Gasteiger partial charge in [0.05, 0.1) is 5.41 Å². The van der Waals surface area contributed by atoms with E-state index in [9.17, 15) is 0 Å². The molecule has 3 nitrogen and oxygen atoms in total. The maximum Gasteiger partial charge on any atom is 0.165 e. The summed E-state index contributed by atoms with van der Waals surface area (Å²) in [6.45, 7) is 2.33. The molecule has 0 saturated carbocycles. The second-order valence-electron chi connectivity index (χ2n) is 16.5. The summed E-state index contributed by atoms with van der Waals surface area (Å²) in [4.78, 5) is 16.8. The lowest BCUT2D eigenvalue weighted by atomic mass is 9.63. The van der Waals surface area contributed by atoms with Crippen LogP contribution in [0, 0.1) is 0 Å². The number of thiophene rings is 2. The molecule has 0 N–H and O–H groups in total. The van der Waals surface area contributed by atoms with Crippen molar-refractivity contribution in [3.05, 3.63) is 235 Å². The van der Waals surface area contributed by atoms with Gasteiger partial charge in [0.25, 0.3) is 0 Å². The van der Waals surface area contributed by atoms with Gasteiger partial charge in [-0.2, -0.15) is 0 Å². The maximum atomic E-state index is 5.65. The number of allylic oxidation sites excluding steroid dienone is 4. The van der Waals surface area contributed by atoms with Crippen molar-refractivity contribution in [2.75, 3.05) is 0 Å². The Hall–Kier alpha value is -7.31. The Morgan fingerprint density at radius 1 is 0.413 bits per heavy atom. The van der Waals surface area contributed by atoms with Crippen LogP contribution in [0.1, 0.15) is 35.4 Å². The van der Waals surface area contributed by atoms with Crippen LogP contribution in [0.15, 0.2) is 212 Å². The molecule has 11 aromatic rings. The molecule has 0 bridgehead atoms. The quantitative estimate of drug-likeness (QED) is 0.160. The van der Waals surface area contributed by atoms with Gasteiger partial charge < -0.3 is 0 Å². The van der Waals surface area contributed by atoms with Gasteiger partial charge in [-0.15, -0.1) is 22.7 Å². The molecular formula is C58H39N3S2. The minimum absolute atomic E-state index is 0.173. The molecular weight excluding hydrogens is 803 g/mol. The molecule has 0 spiro atoms. The largest absolute Gasteiger partial charge is 0.212 e. The van der Waals surface area contributed by atoms with Crippen molar-refractivity contribution in [2.24, 2.45) is 0 Å². The van der Waals surface area contributed by atoms with E-state index in [4.69, 9.17) is 15.0 Å². The Labute approximate surface area is 374 Å². The summed E-state index contributed by atoms with van der Waals surface area (Å²) in [5, 5.41) is 4.92. The number of nitrogens with zero attached hydrogens (tertiary/aromatic N) is 3. The predicted molar refractivity (Wildman–Crippen MR) is 267 cm³/mol. The van der Waals surface area contributed by atoms with E-state index in [1.54, 1.807) is 22.7 Å². The molecule has 8 aromatic carbocycles. The lowest BCUT2D eigenvalue weighted by Crippen LogP contribution is -2.34. The van der Waals surface area contributed by atoms with Crippen molar-refractivity contribution in [1.29, 1.82) is 0 Å². The summed E-state index contributed by atoms with van der Waals surface area (Å²) >= 11 is 3.61. The highest BCUT2D eigenvalue weighted by molar-refractivity contribution is 7.26. The molecule has 0 saturated heterocycles. The van der Waals surface area contributed by atoms with Crippen LogP contribution in [0.5, 0.6) is 0 Å². The lowest BCUT2D eigenvalue weighted by molar-refractivity contribution is 0.502. The Balaban J connectivity index is 1.14. The van der Waals surface area contributed by atoms with E-state index in [0.29, 0.717) is 11.6 Å². The van der Waals surface area contributed by atoms with Gasteiger partial charge in [-0.25, -0.2) is 15.0 Å². The average Bonchev–Trinajstić information content (AvgIpc) is 3.94.